The van der Waals surface area contributed by atoms with Gasteiger partial charge in [0.25, 0.3) is 5.91 Å². The van der Waals surface area contributed by atoms with E-state index in [1.54, 1.807) is 13.8 Å². The molecule has 0 radical (unpaired) electrons. The highest BCUT2D eigenvalue weighted by molar-refractivity contribution is 6.13. The molecule has 0 aliphatic carbocycles. The molecular formula is C22H23N5O2. The number of nitrogens with one attached hydrogen (secondary N) is 1. The topological polar surface area (TPSA) is 85.8 Å². The molecule has 0 bridgehead atoms. The van der Waals surface area contributed by atoms with Gasteiger partial charge in [0.2, 0.25) is 0 Å². The average molecular weight is 389 g/mol. The average Bonchev–Trinajstić information content (AvgIpc) is 3.21. The first-order valence-corrected chi connectivity index (χ1v) is 9.58. The van der Waals surface area contributed by atoms with E-state index >= 15 is 0 Å². The summed E-state index contributed by atoms with van der Waals surface area (Å²) < 4.78 is 7.00. The first kappa shape index (κ1) is 18.9. The summed E-state index contributed by atoms with van der Waals surface area (Å²) in [4.78, 5) is 18.1. The van der Waals surface area contributed by atoms with Crippen LogP contribution in [0, 0.1) is 27.7 Å². The Morgan fingerprint density at radius 1 is 1.10 bits per heavy atom. The molecule has 4 aromatic rings. The maximum absolute atomic E-state index is 13.3. The Morgan fingerprint density at radius 3 is 2.45 bits per heavy atom. The van der Waals surface area contributed by atoms with Crippen molar-refractivity contribution in [1.29, 1.82) is 0 Å². The van der Waals surface area contributed by atoms with Gasteiger partial charge in [-0.1, -0.05) is 35.0 Å². The number of aromatic nitrogens is 4. The number of carbonyl (C=O) groups excluding carboxylic acids is 1. The van der Waals surface area contributed by atoms with E-state index in [9.17, 15) is 4.79 Å². The lowest BCUT2D eigenvalue weighted by Gasteiger charge is -2.10. The fraction of sp³-hybridized carbons (Fsp3) is 0.273. The van der Waals surface area contributed by atoms with E-state index in [0.29, 0.717) is 34.9 Å². The minimum Gasteiger partial charge on any atom is -0.359 e. The maximum atomic E-state index is 13.3. The lowest BCUT2D eigenvalue weighted by atomic mass is 10.0. The van der Waals surface area contributed by atoms with Gasteiger partial charge >= 0.3 is 0 Å². The summed E-state index contributed by atoms with van der Waals surface area (Å²) in [6.45, 7) is 10.2. The van der Waals surface area contributed by atoms with Crippen LogP contribution >= 0.6 is 0 Å². The molecule has 0 saturated heterocycles. The van der Waals surface area contributed by atoms with E-state index in [2.05, 4.69) is 15.6 Å². The molecule has 0 spiro atoms. The molecule has 3 aromatic heterocycles. The van der Waals surface area contributed by atoms with Crippen LogP contribution in [0.3, 0.4) is 0 Å². The molecular weight excluding hydrogens is 366 g/mol. The number of carbonyl (C=O) groups is 1. The van der Waals surface area contributed by atoms with Crippen LogP contribution in [0.5, 0.6) is 0 Å². The number of amides is 1. The minimum atomic E-state index is -0.237. The monoisotopic (exact) mass is 389 g/mol. The molecule has 7 nitrogen and oxygen atoms in total. The number of fused-ring (bicyclic) bond motifs is 1. The number of aryl methyl sites for hydroxylation is 5. The molecule has 0 aliphatic rings. The number of anilines is 1. The van der Waals surface area contributed by atoms with Crippen LogP contribution in [0.2, 0.25) is 0 Å². The highest BCUT2D eigenvalue weighted by Crippen LogP contribution is 2.29. The summed E-state index contributed by atoms with van der Waals surface area (Å²) in [5.74, 6) is 0.333. The summed E-state index contributed by atoms with van der Waals surface area (Å²) in [7, 11) is 0. The maximum Gasteiger partial charge on any atom is 0.256 e. The van der Waals surface area contributed by atoms with Crippen molar-refractivity contribution < 1.29 is 9.32 Å². The zero-order valence-corrected chi connectivity index (χ0v) is 17.2. The molecule has 0 aliphatic heterocycles. The fourth-order valence-electron chi connectivity index (χ4n) is 3.47. The first-order chi connectivity index (χ1) is 13.9. The second kappa shape index (κ2) is 7.16. The Kier molecular flexibility index (Phi) is 4.66. The predicted molar refractivity (Wildman–Crippen MR) is 112 cm³/mol. The normalized spacial score (nSPS) is 11.2. The third-order valence-electron chi connectivity index (χ3n) is 5.04. The Morgan fingerprint density at radius 2 is 1.83 bits per heavy atom. The molecule has 0 fully saturated rings. The molecule has 148 valence electrons. The van der Waals surface area contributed by atoms with Crippen molar-refractivity contribution in [3.63, 3.8) is 0 Å². The van der Waals surface area contributed by atoms with Crippen LogP contribution in [-0.2, 0) is 6.54 Å². The number of benzene rings is 1. The van der Waals surface area contributed by atoms with Gasteiger partial charge in [-0.2, -0.15) is 5.10 Å². The van der Waals surface area contributed by atoms with Crippen LogP contribution in [0.1, 0.15) is 40.0 Å². The van der Waals surface area contributed by atoms with E-state index in [1.807, 2.05) is 55.8 Å². The van der Waals surface area contributed by atoms with Gasteiger partial charge in [0.1, 0.15) is 11.4 Å². The number of hydrogen-bond donors (Lipinski definition) is 1. The van der Waals surface area contributed by atoms with Crippen molar-refractivity contribution in [1.82, 2.24) is 19.9 Å². The van der Waals surface area contributed by atoms with E-state index < -0.39 is 0 Å². The quantitative estimate of drug-likeness (QED) is 0.552. The minimum absolute atomic E-state index is 0.237. The molecule has 1 N–H and O–H groups in total. The Balaban J connectivity index is 1.90. The fourth-order valence-corrected chi connectivity index (χ4v) is 3.47. The Hall–Kier alpha value is -3.48. The molecule has 1 aromatic carbocycles. The second-order valence-corrected chi connectivity index (χ2v) is 7.17. The van der Waals surface area contributed by atoms with Gasteiger partial charge in [-0.15, -0.1) is 0 Å². The van der Waals surface area contributed by atoms with Crippen molar-refractivity contribution in [2.45, 2.75) is 41.2 Å². The highest BCUT2D eigenvalue weighted by Gasteiger charge is 2.21. The summed E-state index contributed by atoms with van der Waals surface area (Å²) >= 11 is 0. The smallest absolute Gasteiger partial charge is 0.256 e. The van der Waals surface area contributed by atoms with E-state index in [1.165, 1.54) is 5.56 Å². The van der Waals surface area contributed by atoms with Crippen LogP contribution < -0.4 is 5.32 Å². The van der Waals surface area contributed by atoms with Crippen molar-refractivity contribution >= 4 is 22.6 Å². The molecule has 0 atom stereocenters. The Labute approximate surface area is 168 Å². The van der Waals surface area contributed by atoms with E-state index in [-0.39, 0.29) is 5.91 Å². The molecule has 7 heteroatoms. The molecule has 1 amide bonds. The number of pyridine rings is 1. The summed E-state index contributed by atoms with van der Waals surface area (Å²) in [5.41, 5.74) is 6.09. The molecule has 29 heavy (non-hydrogen) atoms. The summed E-state index contributed by atoms with van der Waals surface area (Å²) in [5, 5.41) is 12.2. The van der Waals surface area contributed by atoms with Gasteiger partial charge < -0.3 is 9.84 Å². The van der Waals surface area contributed by atoms with E-state index in [4.69, 9.17) is 9.51 Å². The summed E-state index contributed by atoms with van der Waals surface area (Å²) in [6, 6.07) is 9.92. The van der Waals surface area contributed by atoms with Crippen molar-refractivity contribution in [3.05, 3.63) is 58.6 Å². The largest absolute Gasteiger partial charge is 0.359 e. The standard InChI is InChI=1S/C22H23N5O2/c1-6-27-21-19(13(3)25-27)17(22(28)24-20-14(4)26-29-15(20)5)11-18(23-21)16-9-7-12(2)8-10-16/h7-11H,6H2,1-5H3,(H,24,28). The van der Waals surface area contributed by atoms with Gasteiger partial charge in [0, 0.05) is 12.1 Å². The molecule has 4 rings (SSSR count). The summed E-state index contributed by atoms with van der Waals surface area (Å²) in [6.07, 6.45) is 0. The first-order valence-electron chi connectivity index (χ1n) is 9.58. The molecule has 0 saturated carbocycles. The van der Waals surface area contributed by atoms with Gasteiger partial charge in [-0.05, 0) is 40.7 Å². The van der Waals surface area contributed by atoms with Gasteiger partial charge in [-0.3, -0.25) is 4.79 Å². The SMILES string of the molecule is CCn1nc(C)c2c(C(=O)Nc3c(C)noc3C)cc(-c3ccc(C)cc3)nc21. The Bertz CT molecular complexity index is 1200. The second-order valence-electron chi connectivity index (χ2n) is 7.17. The van der Waals surface area contributed by atoms with Crippen molar-refractivity contribution in [2.24, 2.45) is 0 Å². The van der Waals surface area contributed by atoms with Crippen molar-refractivity contribution in [3.8, 4) is 11.3 Å². The van der Waals surface area contributed by atoms with Crippen LogP contribution in [-0.4, -0.2) is 25.8 Å². The van der Waals surface area contributed by atoms with E-state index in [0.717, 1.165) is 22.3 Å². The van der Waals surface area contributed by atoms with Crippen LogP contribution in [0.4, 0.5) is 5.69 Å². The number of nitrogens with zero attached hydrogens (tertiary/aromatic N) is 4. The number of rotatable bonds is 4. The zero-order valence-electron chi connectivity index (χ0n) is 17.2. The third kappa shape index (κ3) is 3.29. The lowest BCUT2D eigenvalue weighted by molar-refractivity contribution is 0.102. The van der Waals surface area contributed by atoms with Gasteiger partial charge in [-0.25, -0.2) is 9.67 Å². The predicted octanol–water partition coefficient (Wildman–Crippen LogP) is 4.59. The van der Waals surface area contributed by atoms with Gasteiger partial charge in [0.05, 0.1) is 22.3 Å². The zero-order chi connectivity index (χ0) is 20.7. The van der Waals surface area contributed by atoms with Crippen molar-refractivity contribution in [2.75, 3.05) is 5.32 Å². The van der Waals surface area contributed by atoms with Crippen LogP contribution in [0.25, 0.3) is 22.3 Å². The lowest BCUT2D eigenvalue weighted by Crippen LogP contribution is -2.14. The molecule has 0 unspecified atom stereocenters. The van der Waals surface area contributed by atoms with Gasteiger partial charge in [0.15, 0.2) is 11.4 Å². The molecule has 3 heterocycles. The van der Waals surface area contributed by atoms with Crippen LogP contribution in [0.15, 0.2) is 34.9 Å². The highest BCUT2D eigenvalue weighted by atomic mass is 16.5. The number of hydrogen-bond acceptors (Lipinski definition) is 5. The third-order valence-corrected chi connectivity index (χ3v) is 5.04.